The second-order valence-corrected chi connectivity index (χ2v) is 1.91. The van der Waals surface area contributed by atoms with E-state index in [0.29, 0.717) is 5.95 Å². The molecule has 0 aliphatic heterocycles. The van der Waals surface area contributed by atoms with Crippen LogP contribution < -0.4 is 5.32 Å². The third kappa shape index (κ3) is 2.40. The summed E-state index contributed by atoms with van der Waals surface area (Å²) in [7, 11) is 3.03. The number of hydrogen-bond donors (Lipinski definition) is 1. The molecule has 6 heteroatoms. The molecule has 0 aliphatic carbocycles. The summed E-state index contributed by atoms with van der Waals surface area (Å²) >= 11 is 0. The van der Waals surface area contributed by atoms with E-state index in [0.717, 1.165) is 0 Å². The second kappa shape index (κ2) is 4.58. The third-order valence-electron chi connectivity index (χ3n) is 1.17. The van der Waals surface area contributed by atoms with Gasteiger partial charge < -0.3 is 14.8 Å². The first-order valence-electron chi connectivity index (χ1n) is 3.31. The van der Waals surface area contributed by atoms with Crippen LogP contribution in [-0.2, 0) is 9.47 Å². The molecule has 0 aliphatic rings. The predicted molar refractivity (Wildman–Crippen MR) is 41.3 cm³/mol. The van der Waals surface area contributed by atoms with E-state index in [9.17, 15) is 0 Å². The van der Waals surface area contributed by atoms with Crippen LogP contribution >= 0.6 is 0 Å². The van der Waals surface area contributed by atoms with Crippen LogP contribution in [0, 0.1) is 0 Å². The zero-order valence-electron chi connectivity index (χ0n) is 6.89. The van der Waals surface area contributed by atoms with Gasteiger partial charge in [-0.05, 0) is 0 Å². The van der Waals surface area contributed by atoms with E-state index >= 15 is 0 Å². The summed E-state index contributed by atoms with van der Waals surface area (Å²) in [5, 5.41) is 2.77. The van der Waals surface area contributed by atoms with Gasteiger partial charge in [0, 0.05) is 14.2 Å². The topological polar surface area (TPSA) is 69.2 Å². The molecule has 0 radical (unpaired) electrons. The molecule has 12 heavy (non-hydrogen) atoms. The van der Waals surface area contributed by atoms with Crippen LogP contribution in [-0.4, -0.2) is 35.6 Å². The van der Waals surface area contributed by atoms with Crippen LogP contribution in [0.25, 0.3) is 0 Å². The molecule has 1 aromatic rings. The van der Waals surface area contributed by atoms with Crippen molar-refractivity contribution in [1.82, 2.24) is 15.0 Å². The lowest BCUT2D eigenvalue weighted by Gasteiger charge is -2.13. The largest absolute Gasteiger partial charge is 0.339 e. The van der Waals surface area contributed by atoms with Crippen molar-refractivity contribution in [3.8, 4) is 0 Å². The van der Waals surface area contributed by atoms with Crippen molar-refractivity contribution in [2.45, 2.75) is 6.41 Å². The minimum Gasteiger partial charge on any atom is -0.339 e. The Morgan fingerprint density at radius 3 is 2.33 bits per heavy atom. The lowest BCUT2D eigenvalue weighted by Crippen LogP contribution is -2.24. The van der Waals surface area contributed by atoms with Gasteiger partial charge in [-0.3, -0.25) is 0 Å². The van der Waals surface area contributed by atoms with Gasteiger partial charge in [0.15, 0.2) is 0 Å². The Hall–Kier alpha value is -1.27. The fourth-order valence-corrected chi connectivity index (χ4v) is 0.633. The molecule has 1 aromatic heterocycles. The number of ether oxygens (including phenoxy) is 2. The van der Waals surface area contributed by atoms with Crippen LogP contribution in [0.15, 0.2) is 12.7 Å². The quantitative estimate of drug-likeness (QED) is 0.634. The second-order valence-electron chi connectivity index (χ2n) is 1.91. The molecule has 1 heterocycles. The van der Waals surface area contributed by atoms with Crippen molar-refractivity contribution in [3.63, 3.8) is 0 Å². The highest BCUT2D eigenvalue weighted by atomic mass is 16.7. The van der Waals surface area contributed by atoms with Gasteiger partial charge in [-0.15, -0.1) is 0 Å². The Balaban J connectivity index is 2.51. The Morgan fingerprint density at radius 2 is 1.83 bits per heavy atom. The maximum absolute atomic E-state index is 4.87. The molecule has 0 saturated heterocycles. The Morgan fingerprint density at radius 1 is 1.25 bits per heavy atom. The molecule has 0 bridgehead atoms. The van der Waals surface area contributed by atoms with Crippen LogP contribution in [0.2, 0.25) is 0 Å². The maximum Gasteiger partial charge on any atom is 0.239 e. The molecule has 1 rings (SSSR count). The first kappa shape index (κ1) is 8.82. The Labute approximate surface area is 70.0 Å². The van der Waals surface area contributed by atoms with Gasteiger partial charge in [0.2, 0.25) is 12.4 Å². The summed E-state index contributed by atoms with van der Waals surface area (Å²) in [6.45, 7) is 0. The smallest absolute Gasteiger partial charge is 0.239 e. The van der Waals surface area contributed by atoms with Crippen molar-refractivity contribution in [3.05, 3.63) is 12.7 Å². The molecule has 1 N–H and O–H groups in total. The Bertz CT molecular complexity index is 214. The fraction of sp³-hybridized carbons (Fsp3) is 0.500. The molecular formula is C6H10N4O2. The van der Waals surface area contributed by atoms with E-state index in [1.54, 1.807) is 0 Å². The SMILES string of the molecule is COC(Nc1ncncn1)OC. The van der Waals surface area contributed by atoms with Gasteiger partial charge in [0.1, 0.15) is 12.7 Å². The minimum absolute atomic E-state index is 0.415. The van der Waals surface area contributed by atoms with Crippen molar-refractivity contribution >= 4 is 5.95 Å². The van der Waals surface area contributed by atoms with E-state index < -0.39 is 6.41 Å². The number of nitrogens with zero attached hydrogens (tertiary/aromatic N) is 3. The summed E-state index contributed by atoms with van der Waals surface area (Å²) in [6.07, 6.45) is 2.24. The van der Waals surface area contributed by atoms with Gasteiger partial charge in [0.05, 0.1) is 0 Å². The monoisotopic (exact) mass is 170 g/mol. The molecule has 0 aromatic carbocycles. The summed E-state index contributed by atoms with van der Waals surface area (Å²) in [5.74, 6) is 0.415. The zero-order valence-corrected chi connectivity index (χ0v) is 6.89. The van der Waals surface area contributed by atoms with E-state index in [1.165, 1.54) is 26.9 Å². The highest BCUT2D eigenvalue weighted by Gasteiger charge is 2.04. The average Bonchev–Trinajstić information content (AvgIpc) is 2.16. The highest BCUT2D eigenvalue weighted by Crippen LogP contribution is 1.97. The Kier molecular flexibility index (Phi) is 3.36. The first-order valence-corrected chi connectivity index (χ1v) is 3.31. The fourth-order valence-electron chi connectivity index (χ4n) is 0.633. The molecule has 6 nitrogen and oxygen atoms in total. The normalized spacial score (nSPS) is 10.2. The van der Waals surface area contributed by atoms with Gasteiger partial charge >= 0.3 is 0 Å². The molecule has 0 atom stereocenters. The number of methoxy groups -OCH3 is 2. The molecule has 0 unspecified atom stereocenters. The lowest BCUT2D eigenvalue weighted by molar-refractivity contribution is -0.0813. The summed E-state index contributed by atoms with van der Waals surface area (Å²) in [5.41, 5.74) is 0. The summed E-state index contributed by atoms with van der Waals surface area (Å²) in [4.78, 5) is 11.3. The van der Waals surface area contributed by atoms with E-state index in [1.807, 2.05) is 0 Å². The van der Waals surface area contributed by atoms with Crippen LogP contribution in [0.1, 0.15) is 0 Å². The number of rotatable bonds is 4. The van der Waals surface area contributed by atoms with E-state index in [-0.39, 0.29) is 0 Å². The number of nitrogens with one attached hydrogen (secondary N) is 1. The van der Waals surface area contributed by atoms with Crippen LogP contribution in [0.5, 0.6) is 0 Å². The van der Waals surface area contributed by atoms with Gasteiger partial charge in [0.25, 0.3) is 0 Å². The highest BCUT2D eigenvalue weighted by molar-refractivity contribution is 5.20. The van der Waals surface area contributed by atoms with Crippen LogP contribution in [0.4, 0.5) is 5.95 Å². The molecule has 0 fully saturated rings. The molecule has 0 spiro atoms. The minimum atomic E-state index is -0.535. The predicted octanol–water partition coefficient (Wildman–Crippen LogP) is -0.140. The van der Waals surface area contributed by atoms with Gasteiger partial charge in [-0.2, -0.15) is 0 Å². The molecule has 0 amide bonds. The van der Waals surface area contributed by atoms with Crippen molar-refractivity contribution in [1.29, 1.82) is 0 Å². The first-order chi connectivity index (χ1) is 5.86. The number of hydrogen-bond acceptors (Lipinski definition) is 6. The van der Waals surface area contributed by atoms with Crippen LogP contribution in [0.3, 0.4) is 0 Å². The standard InChI is InChI=1S/C6H10N4O2/c1-11-6(12-2)10-5-8-3-7-4-9-5/h3-4,6H,1-2H3,(H,7,8,9,10). The lowest BCUT2D eigenvalue weighted by atomic mass is 10.8. The zero-order chi connectivity index (χ0) is 8.81. The summed E-state index contributed by atoms with van der Waals surface area (Å²) in [6, 6.07) is 0. The summed E-state index contributed by atoms with van der Waals surface area (Å²) < 4.78 is 9.74. The van der Waals surface area contributed by atoms with E-state index in [2.05, 4.69) is 20.3 Å². The van der Waals surface area contributed by atoms with E-state index in [4.69, 9.17) is 9.47 Å². The van der Waals surface area contributed by atoms with Crippen molar-refractivity contribution in [2.24, 2.45) is 0 Å². The molecule has 0 saturated carbocycles. The number of aromatic nitrogens is 3. The maximum atomic E-state index is 4.87. The molecular weight excluding hydrogens is 160 g/mol. The molecule has 66 valence electrons. The average molecular weight is 170 g/mol. The third-order valence-corrected chi connectivity index (χ3v) is 1.17. The van der Waals surface area contributed by atoms with Crippen molar-refractivity contribution < 1.29 is 9.47 Å². The van der Waals surface area contributed by atoms with Crippen molar-refractivity contribution in [2.75, 3.05) is 19.5 Å². The van der Waals surface area contributed by atoms with Gasteiger partial charge in [-0.1, -0.05) is 0 Å². The van der Waals surface area contributed by atoms with Gasteiger partial charge in [-0.25, -0.2) is 15.0 Å². The number of anilines is 1.